The van der Waals surface area contributed by atoms with Crippen molar-refractivity contribution in [1.82, 2.24) is 10.2 Å². The van der Waals surface area contributed by atoms with Crippen LogP contribution in [0.3, 0.4) is 0 Å². The molecule has 4 aromatic rings. The number of nitrogens with zero attached hydrogens (tertiary/aromatic N) is 2. The van der Waals surface area contributed by atoms with Crippen LogP contribution in [0.5, 0.6) is 11.5 Å². The largest absolute Gasteiger partial charge is 0.619 e. The molecule has 50 heavy (non-hydrogen) atoms. The van der Waals surface area contributed by atoms with Crippen molar-refractivity contribution < 1.29 is 38.0 Å². The zero-order valence-corrected chi connectivity index (χ0v) is 30.1. The SMILES string of the molecule is COc1ccc([C@H](Cc2c(Cl)c[n+]([O-])cc2Cl)c2cc(CNC(C(=O)OCC3CCN(C)CC3)c3ccccc3F)sc2C(=O)O)cc1OC. The summed E-state index contributed by atoms with van der Waals surface area (Å²) in [4.78, 5) is 29.0. The third-order valence-corrected chi connectivity index (χ3v) is 10.7. The Hall–Kier alpha value is -3.94. The molecule has 5 rings (SSSR count). The highest BCUT2D eigenvalue weighted by atomic mass is 35.5. The zero-order chi connectivity index (χ0) is 35.9. The number of halogens is 3. The number of nitrogens with one attached hydrogen (secondary N) is 1. The van der Waals surface area contributed by atoms with Gasteiger partial charge in [0.1, 0.15) is 26.8 Å². The molecule has 0 saturated carbocycles. The third kappa shape index (κ3) is 8.85. The molecular formula is C36H38Cl2FN3O7S. The van der Waals surface area contributed by atoms with E-state index in [9.17, 15) is 19.9 Å². The van der Waals surface area contributed by atoms with Gasteiger partial charge >= 0.3 is 11.9 Å². The fraction of sp³-hybridized carbons (Fsp3) is 0.361. The summed E-state index contributed by atoms with van der Waals surface area (Å²) < 4.78 is 32.2. The van der Waals surface area contributed by atoms with E-state index in [1.54, 1.807) is 36.4 Å². The number of carbonyl (C=O) groups is 2. The molecule has 1 unspecified atom stereocenters. The predicted octanol–water partition coefficient (Wildman–Crippen LogP) is 6.63. The lowest BCUT2D eigenvalue weighted by molar-refractivity contribution is -0.605. The van der Waals surface area contributed by atoms with Crippen LogP contribution < -0.4 is 19.5 Å². The first-order valence-corrected chi connectivity index (χ1v) is 17.5. The number of ether oxygens (including phenoxy) is 3. The molecule has 0 aliphatic carbocycles. The lowest BCUT2D eigenvalue weighted by Crippen LogP contribution is -2.35. The summed E-state index contributed by atoms with van der Waals surface area (Å²) in [6.45, 7) is 2.09. The van der Waals surface area contributed by atoms with Crippen molar-refractivity contribution in [3.05, 3.63) is 114 Å². The van der Waals surface area contributed by atoms with Gasteiger partial charge in [-0.05, 0) is 80.7 Å². The molecule has 1 fully saturated rings. The minimum absolute atomic E-state index is 0.0367. The first-order chi connectivity index (χ1) is 24.0. The predicted molar refractivity (Wildman–Crippen MR) is 189 cm³/mol. The number of rotatable bonds is 14. The smallest absolute Gasteiger partial charge is 0.346 e. The van der Waals surface area contributed by atoms with E-state index in [0.29, 0.717) is 37.8 Å². The maximum atomic E-state index is 15.1. The number of hydrogen-bond donors (Lipinski definition) is 2. The summed E-state index contributed by atoms with van der Waals surface area (Å²) in [5.41, 5.74) is 1.71. The van der Waals surface area contributed by atoms with Crippen LogP contribution in [-0.4, -0.2) is 62.9 Å². The maximum Gasteiger partial charge on any atom is 0.346 e. The van der Waals surface area contributed by atoms with Gasteiger partial charge in [-0.15, -0.1) is 11.3 Å². The first kappa shape index (κ1) is 37.3. The summed E-state index contributed by atoms with van der Waals surface area (Å²) >= 11 is 14.0. The molecule has 1 saturated heterocycles. The van der Waals surface area contributed by atoms with Gasteiger partial charge in [0.2, 0.25) is 0 Å². The average Bonchev–Trinajstić information content (AvgIpc) is 3.52. The van der Waals surface area contributed by atoms with Crippen molar-refractivity contribution >= 4 is 46.5 Å². The average molecular weight is 747 g/mol. The fourth-order valence-corrected chi connectivity index (χ4v) is 7.73. The zero-order valence-electron chi connectivity index (χ0n) is 27.8. The van der Waals surface area contributed by atoms with E-state index >= 15 is 4.39 Å². The lowest BCUT2D eigenvalue weighted by atomic mass is 9.85. The minimum Gasteiger partial charge on any atom is -0.619 e. The highest BCUT2D eigenvalue weighted by Crippen LogP contribution is 2.41. The molecule has 0 amide bonds. The van der Waals surface area contributed by atoms with E-state index in [1.807, 2.05) is 0 Å². The molecule has 0 spiro atoms. The van der Waals surface area contributed by atoms with E-state index < -0.39 is 29.7 Å². The summed E-state index contributed by atoms with van der Waals surface area (Å²) in [6, 6.07) is 11.9. The number of pyridine rings is 1. The van der Waals surface area contributed by atoms with Crippen molar-refractivity contribution in [2.45, 2.75) is 37.8 Å². The molecule has 10 nitrogen and oxygen atoms in total. The molecule has 266 valence electrons. The molecule has 2 aromatic carbocycles. The Kier molecular flexibility index (Phi) is 12.6. The quantitative estimate of drug-likeness (QED) is 0.0832. The Morgan fingerprint density at radius 2 is 1.74 bits per heavy atom. The Bertz CT molecular complexity index is 1810. The summed E-state index contributed by atoms with van der Waals surface area (Å²) in [5.74, 6) is -1.83. The van der Waals surface area contributed by atoms with Crippen LogP contribution in [0.2, 0.25) is 10.0 Å². The second-order valence-corrected chi connectivity index (χ2v) is 14.1. The van der Waals surface area contributed by atoms with Crippen LogP contribution in [0.4, 0.5) is 4.39 Å². The standard InChI is InChI=1S/C36H38Cl2FN3O7S/c1-41-12-10-21(11-13-41)20-49-36(45)33(24-6-4-5-7-30(24)39)40-17-23-15-26(34(50-23)35(43)44)25(16-27-28(37)18-42(46)19-29(27)38)22-8-9-31(47-2)32(14-22)48-3/h4-9,14-15,18-19,21,25,33,40H,10-13,16-17,20H2,1-3H3,(H,43,44)/t25-,33?/m0/s1. The number of carboxylic acids is 1. The molecule has 14 heteroatoms. The van der Waals surface area contributed by atoms with Crippen molar-refractivity contribution in [2.75, 3.05) is 41.0 Å². The lowest BCUT2D eigenvalue weighted by Gasteiger charge is -2.29. The van der Waals surface area contributed by atoms with Gasteiger partial charge in [0, 0.05) is 28.5 Å². The summed E-state index contributed by atoms with van der Waals surface area (Å²) in [7, 11) is 5.06. The van der Waals surface area contributed by atoms with Crippen molar-refractivity contribution in [1.29, 1.82) is 0 Å². The highest BCUT2D eigenvalue weighted by Gasteiger charge is 2.30. The van der Waals surface area contributed by atoms with Crippen molar-refractivity contribution in [2.24, 2.45) is 5.92 Å². The Labute approximate surface area is 303 Å². The Balaban J connectivity index is 1.48. The number of carbonyl (C=O) groups excluding carboxylic acids is 1. The number of methoxy groups -OCH3 is 2. The number of carboxylic acid groups (broad SMARTS) is 1. The van der Waals surface area contributed by atoms with E-state index in [2.05, 4.69) is 17.3 Å². The molecule has 1 aliphatic rings. The summed E-state index contributed by atoms with van der Waals surface area (Å²) in [6.07, 6.45) is 4.30. The van der Waals surface area contributed by atoms with Gasteiger partial charge in [0.25, 0.3) is 0 Å². The van der Waals surface area contributed by atoms with Gasteiger partial charge in [-0.3, -0.25) is 5.32 Å². The van der Waals surface area contributed by atoms with Crippen molar-refractivity contribution in [3.63, 3.8) is 0 Å². The van der Waals surface area contributed by atoms with Gasteiger partial charge in [0.05, 0.1) is 20.8 Å². The Morgan fingerprint density at radius 3 is 2.38 bits per heavy atom. The number of aromatic carboxylic acids is 1. The van der Waals surface area contributed by atoms with E-state index in [4.69, 9.17) is 37.4 Å². The van der Waals surface area contributed by atoms with E-state index in [-0.39, 0.29) is 46.0 Å². The molecule has 3 heterocycles. The van der Waals surface area contributed by atoms with Crippen LogP contribution in [0, 0.1) is 16.9 Å². The highest BCUT2D eigenvalue weighted by molar-refractivity contribution is 7.14. The fourth-order valence-electron chi connectivity index (χ4n) is 6.12. The number of likely N-dealkylation sites (tertiary alicyclic amines) is 1. The number of hydrogen-bond acceptors (Lipinski definition) is 9. The molecule has 0 radical (unpaired) electrons. The number of thiophene rings is 1. The minimum atomic E-state index is -1.16. The molecule has 2 atom stereocenters. The number of aromatic nitrogens is 1. The molecular weight excluding hydrogens is 708 g/mol. The normalized spacial score (nSPS) is 15.0. The maximum absolute atomic E-state index is 15.1. The van der Waals surface area contributed by atoms with E-state index in [1.165, 1.54) is 38.7 Å². The third-order valence-electron chi connectivity index (χ3n) is 8.89. The molecule has 0 bridgehead atoms. The van der Waals surface area contributed by atoms with Gasteiger partial charge in [-0.2, -0.15) is 4.73 Å². The van der Waals surface area contributed by atoms with Gasteiger partial charge in [0.15, 0.2) is 23.9 Å². The number of benzene rings is 2. The first-order valence-electron chi connectivity index (χ1n) is 16.0. The van der Waals surface area contributed by atoms with Gasteiger partial charge < -0.3 is 29.4 Å². The number of esters is 1. The monoisotopic (exact) mass is 745 g/mol. The van der Waals surface area contributed by atoms with Crippen LogP contribution in [0.25, 0.3) is 0 Å². The second kappa shape index (κ2) is 16.8. The topological polar surface area (TPSA) is 124 Å². The van der Waals surface area contributed by atoms with Crippen molar-refractivity contribution in [3.8, 4) is 11.5 Å². The summed E-state index contributed by atoms with van der Waals surface area (Å²) in [5, 5.41) is 25.8. The van der Waals surface area contributed by atoms with Crippen LogP contribution in [-0.2, 0) is 22.5 Å². The Morgan fingerprint density at radius 1 is 1.06 bits per heavy atom. The van der Waals surface area contributed by atoms with Crippen LogP contribution in [0.1, 0.15) is 61.6 Å². The van der Waals surface area contributed by atoms with E-state index in [0.717, 1.165) is 37.3 Å². The van der Waals surface area contributed by atoms with Crippen LogP contribution in [0.15, 0.2) is 60.9 Å². The molecule has 2 N–H and O–H groups in total. The van der Waals surface area contributed by atoms with Gasteiger partial charge in [-0.1, -0.05) is 47.5 Å². The molecule has 1 aliphatic heterocycles. The van der Waals surface area contributed by atoms with Gasteiger partial charge in [-0.25, -0.2) is 14.0 Å². The number of piperidine rings is 1. The molecule has 2 aromatic heterocycles. The van der Waals surface area contributed by atoms with Crippen LogP contribution >= 0.6 is 34.5 Å². The second-order valence-electron chi connectivity index (χ2n) is 12.2.